The maximum absolute atomic E-state index is 5.96. The van der Waals surface area contributed by atoms with Crippen LogP contribution in [-0.2, 0) is 13.5 Å². The van der Waals surface area contributed by atoms with E-state index < -0.39 is 0 Å². The number of benzene rings is 1. The summed E-state index contributed by atoms with van der Waals surface area (Å²) in [6.45, 7) is 3.93. The normalized spacial score (nSPS) is 18.9. The van der Waals surface area contributed by atoms with Crippen LogP contribution in [0.4, 0.5) is 0 Å². The number of fused-ring (bicyclic) bond motifs is 1. The zero-order chi connectivity index (χ0) is 14.7. The van der Waals surface area contributed by atoms with Gasteiger partial charge in [0.25, 0.3) is 0 Å². The summed E-state index contributed by atoms with van der Waals surface area (Å²) in [7, 11) is 2.06. The predicted octanol–water partition coefficient (Wildman–Crippen LogP) is 2.71. The van der Waals surface area contributed by atoms with Crippen LogP contribution >= 0.6 is 0 Å². The molecule has 1 aliphatic heterocycles. The third kappa shape index (κ3) is 2.95. The lowest BCUT2D eigenvalue weighted by Gasteiger charge is -2.32. The minimum Gasteiger partial charge on any atom is -0.493 e. The van der Waals surface area contributed by atoms with Gasteiger partial charge in [0.05, 0.1) is 12.6 Å². The quantitative estimate of drug-likeness (QED) is 0.918. The second-order valence-electron chi connectivity index (χ2n) is 5.71. The van der Waals surface area contributed by atoms with E-state index >= 15 is 0 Å². The molecule has 0 saturated heterocycles. The number of hydrogen-bond acceptors (Lipinski definition) is 3. The zero-order valence-corrected chi connectivity index (χ0v) is 12.7. The first kappa shape index (κ1) is 14.1. The Hall–Kier alpha value is -1.81. The molecule has 4 heteroatoms. The smallest absolute Gasteiger partial charge is 0.126 e. The first-order chi connectivity index (χ1) is 10.3. The molecule has 1 aromatic carbocycles. The van der Waals surface area contributed by atoms with E-state index in [-0.39, 0.29) is 6.04 Å². The number of ether oxygens (including phenoxy) is 1. The molecule has 1 aliphatic rings. The first-order valence-electron chi connectivity index (χ1n) is 7.71. The maximum Gasteiger partial charge on any atom is 0.126 e. The third-order valence-corrected chi connectivity index (χ3v) is 4.13. The number of aromatic nitrogens is 2. The summed E-state index contributed by atoms with van der Waals surface area (Å²) in [5, 5.41) is 3.65. The Morgan fingerprint density at radius 3 is 3.05 bits per heavy atom. The standard InChI is InChI=1S/C17H23N3O/c1-3-8-18-16(17-19-9-10-20(17)2)14-11-13-6-4-5-7-15(13)21-12-14/h4-7,9-10,14,16,18H,3,8,11-12H2,1-2H3. The largest absolute Gasteiger partial charge is 0.493 e. The highest BCUT2D eigenvalue weighted by Gasteiger charge is 2.30. The van der Waals surface area contributed by atoms with Gasteiger partial charge in [-0.2, -0.15) is 0 Å². The summed E-state index contributed by atoms with van der Waals surface area (Å²) < 4.78 is 8.06. The monoisotopic (exact) mass is 285 g/mol. The molecule has 1 N–H and O–H groups in total. The molecule has 2 heterocycles. The molecule has 0 bridgehead atoms. The van der Waals surface area contributed by atoms with Gasteiger partial charge in [-0.3, -0.25) is 0 Å². The maximum atomic E-state index is 5.96. The summed E-state index contributed by atoms with van der Waals surface area (Å²) in [6.07, 6.45) is 6.02. The summed E-state index contributed by atoms with van der Waals surface area (Å²) in [6, 6.07) is 8.57. The minimum absolute atomic E-state index is 0.235. The number of nitrogens with zero attached hydrogens (tertiary/aromatic N) is 2. The van der Waals surface area contributed by atoms with Crippen LogP contribution in [0, 0.1) is 5.92 Å². The number of rotatable bonds is 5. The molecule has 0 radical (unpaired) electrons. The van der Waals surface area contributed by atoms with Crippen LogP contribution in [0.15, 0.2) is 36.7 Å². The predicted molar refractivity (Wildman–Crippen MR) is 83.4 cm³/mol. The molecule has 2 atom stereocenters. The number of aryl methyl sites for hydroxylation is 1. The molecule has 112 valence electrons. The van der Waals surface area contributed by atoms with Gasteiger partial charge in [0.2, 0.25) is 0 Å². The molecule has 0 saturated carbocycles. The number of imidazole rings is 1. The van der Waals surface area contributed by atoms with Crippen LogP contribution in [0.1, 0.15) is 30.8 Å². The lowest BCUT2D eigenvalue weighted by Crippen LogP contribution is -2.37. The van der Waals surface area contributed by atoms with Crippen LogP contribution in [0.2, 0.25) is 0 Å². The van der Waals surface area contributed by atoms with Gasteiger partial charge in [-0.15, -0.1) is 0 Å². The van der Waals surface area contributed by atoms with Gasteiger partial charge in [0.1, 0.15) is 11.6 Å². The van der Waals surface area contributed by atoms with Crippen molar-refractivity contribution < 1.29 is 4.74 Å². The molecule has 0 aliphatic carbocycles. The van der Waals surface area contributed by atoms with Gasteiger partial charge in [-0.1, -0.05) is 25.1 Å². The van der Waals surface area contributed by atoms with E-state index in [1.165, 1.54) is 5.56 Å². The Morgan fingerprint density at radius 2 is 2.29 bits per heavy atom. The number of hydrogen-bond donors (Lipinski definition) is 1. The molecular weight excluding hydrogens is 262 g/mol. The van der Waals surface area contributed by atoms with Crippen molar-refractivity contribution in [3.05, 3.63) is 48.0 Å². The molecule has 0 amide bonds. The van der Waals surface area contributed by atoms with Crippen LogP contribution in [0.25, 0.3) is 0 Å². The van der Waals surface area contributed by atoms with Crippen molar-refractivity contribution in [2.45, 2.75) is 25.8 Å². The van der Waals surface area contributed by atoms with Crippen molar-refractivity contribution in [2.24, 2.45) is 13.0 Å². The molecule has 0 spiro atoms. The van der Waals surface area contributed by atoms with Gasteiger partial charge in [-0.05, 0) is 31.0 Å². The fourth-order valence-corrected chi connectivity index (χ4v) is 3.01. The molecule has 4 nitrogen and oxygen atoms in total. The summed E-state index contributed by atoms with van der Waals surface area (Å²) in [4.78, 5) is 4.55. The molecule has 2 aromatic rings. The van der Waals surface area contributed by atoms with Crippen molar-refractivity contribution in [3.63, 3.8) is 0 Å². The second kappa shape index (κ2) is 6.31. The highest BCUT2D eigenvalue weighted by molar-refractivity contribution is 5.35. The van der Waals surface area contributed by atoms with Crippen molar-refractivity contribution in [2.75, 3.05) is 13.2 Å². The van der Waals surface area contributed by atoms with Gasteiger partial charge >= 0.3 is 0 Å². The van der Waals surface area contributed by atoms with Crippen LogP contribution in [0.5, 0.6) is 5.75 Å². The molecule has 1 aromatic heterocycles. The van der Waals surface area contributed by atoms with E-state index in [0.717, 1.165) is 37.6 Å². The number of para-hydroxylation sites is 1. The molecule has 2 unspecified atom stereocenters. The average molecular weight is 285 g/mol. The lowest BCUT2D eigenvalue weighted by atomic mass is 9.89. The Kier molecular flexibility index (Phi) is 4.25. The Bertz CT molecular complexity index is 593. The van der Waals surface area contributed by atoms with E-state index in [1.54, 1.807) is 0 Å². The topological polar surface area (TPSA) is 39.1 Å². The van der Waals surface area contributed by atoms with Gasteiger partial charge in [-0.25, -0.2) is 4.98 Å². The second-order valence-corrected chi connectivity index (χ2v) is 5.71. The van der Waals surface area contributed by atoms with Crippen molar-refractivity contribution >= 4 is 0 Å². The van der Waals surface area contributed by atoms with Crippen molar-refractivity contribution in [1.29, 1.82) is 0 Å². The molecule has 3 rings (SSSR count). The lowest BCUT2D eigenvalue weighted by molar-refractivity contribution is 0.179. The highest BCUT2D eigenvalue weighted by Crippen LogP contribution is 2.33. The zero-order valence-electron chi connectivity index (χ0n) is 12.7. The van der Waals surface area contributed by atoms with Gasteiger partial charge in [0.15, 0.2) is 0 Å². The van der Waals surface area contributed by atoms with E-state index in [1.807, 2.05) is 18.5 Å². The average Bonchev–Trinajstić information content (AvgIpc) is 2.94. The molecule has 21 heavy (non-hydrogen) atoms. The molecule has 0 fully saturated rings. The fourth-order valence-electron chi connectivity index (χ4n) is 3.01. The van der Waals surface area contributed by atoms with E-state index in [0.29, 0.717) is 5.92 Å². The van der Waals surface area contributed by atoms with Crippen molar-refractivity contribution in [1.82, 2.24) is 14.9 Å². The van der Waals surface area contributed by atoms with Gasteiger partial charge in [0, 0.05) is 25.4 Å². The van der Waals surface area contributed by atoms with Crippen LogP contribution in [-0.4, -0.2) is 22.7 Å². The summed E-state index contributed by atoms with van der Waals surface area (Å²) >= 11 is 0. The Morgan fingerprint density at radius 1 is 1.43 bits per heavy atom. The Labute approximate surface area is 126 Å². The summed E-state index contributed by atoms with van der Waals surface area (Å²) in [5.74, 6) is 2.53. The van der Waals surface area contributed by atoms with Crippen LogP contribution < -0.4 is 10.1 Å². The van der Waals surface area contributed by atoms with Crippen LogP contribution in [0.3, 0.4) is 0 Å². The van der Waals surface area contributed by atoms with Crippen molar-refractivity contribution in [3.8, 4) is 5.75 Å². The van der Waals surface area contributed by atoms with E-state index in [4.69, 9.17) is 4.74 Å². The fraction of sp³-hybridized carbons (Fsp3) is 0.471. The number of nitrogens with one attached hydrogen (secondary N) is 1. The Balaban J connectivity index is 1.83. The minimum atomic E-state index is 0.235. The summed E-state index contributed by atoms with van der Waals surface area (Å²) in [5.41, 5.74) is 1.30. The first-order valence-corrected chi connectivity index (χ1v) is 7.71. The van der Waals surface area contributed by atoms with E-state index in [2.05, 4.69) is 47.0 Å². The third-order valence-electron chi connectivity index (χ3n) is 4.13. The van der Waals surface area contributed by atoms with Gasteiger partial charge < -0.3 is 14.6 Å². The van der Waals surface area contributed by atoms with E-state index in [9.17, 15) is 0 Å². The molecular formula is C17H23N3O. The highest BCUT2D eigenvalue weighted by atomic mass is 16.5. The SMILES string of the molecule is CCCNC(c1nccn1C)C1COc2ccccc2C1.